The predicted octanol–water partition coefficient (Wildman–Crippen LogP) is 4.96. The highest BCUT2D eigenvalue weighted by Gasteiger charge is 2.16. The number of nitrogens with zero attached hydrogens (tertiary/aromatic N) is 3. The van der Waals surface area contributed by atoms with Crippen LogP contribution in [0.4, 0.5) is 10.2 Å². The second-order valence-corrected chi connectivity index (χ2v) is 7.00. The van der Waals surface area contributed by atoms with Crippen molar-refractivity contribution in [2.24, 2.45) is 5.73 Å². The number of H-pyrrole nitrogens is 1. The number of aromatic amines is 1. The fraction of sp³-hybridized carbons (Fsp3) is 0.0769. The van der Waals surface area contributed by atoms with Crippen LogP contribution >= 0.6 is 0 Å². The first-order valence-electron chi connectivity index (χ1n) is 10.5. The molecule has 1 aromatic carbocycles. The van der Waals surface area contributed by atoms with Crippen molar-refractivity contribution in [3.05, 3.63) is 96.8 Å². The summed E-state index contributed by atoms with van der Waals surface area (Å²) in [5.41, 5.74) is 9.95. The van der Waals surface area contributed by atoms with Crippen LogP contribution < -0.4 is 11.1 Å². The van der Waals surface area contributed by atoms with Gasteiger partial charge in [-0.25, -0.2) is 9.37 Å². The van der Waals surface area contributed by atoms with Gasteiger partial charge in [0, 0.05) is 35.7 Å². The number of fused-ring (bicyclic) bond motifs is 1. The van der Waals surface area contributed by atoms with Crippen LogP contribution in [0.15, 0.2) is 85.5 Å². The van der Waals surface area contributed by atoms with Gasteiger partial charge in [-0.05, 0) is 85.3 Å². The molecule has 5 aromatic rings. The lowest BCUT2D eigenvalue weighted by molar-refractivity contribution is -0.105. The first kappa shape index (κ1) is 24.2. The lowest BCUT2D eigenvalue weighted by Gasteiger charge is -2.05. The van der Waals surface area contributed by atoms with Gasteiger partial charge in [0.1, 0.15) is 17.3 Å². The summed E-state index contributed by atoms with van der Waals surface area (Å²) >= 11 is 0. The van der Waals surface area contributed by atoms with Crippen LogP contribution in [0.1, 0.15) is 5.56 Å². The molecular formula is C26H25FN6O. The Hall–Kier alpha value is -4.43. The first-order chi connectivity index (χ1) is 16.7. The predicted molar refractivity (Wildman–Crippen MR) is 133 cm³/mol. The van der Waals surface area contributed by atoms with Crippen molar-refractivity contribution in [3.63, 3.8) is 0 Å². The first-order valence-corrected chi connectivity index (χ1v) is 10.5. The highest BCUT2D eigenvalue weighted by molar-refractivity contribution is 6.03. The van der Waals surface area contributed by atoms with Crippen LogP contribution in [0.5, 0.6) is 0 Å². The molecule has 1 amide bonds. The molecule has 0 aliphatic heterocycles. The van der Waals surface area contributed by atoms with E-state index >= 15 is 0 Å². The van der Waals surface area contributed by atoms with Crippen LogP contribution in [0.2, 0.25) is 0 Å². The largest absolute Gasteiger partial charge is 0.339 e. The lowest BCUT2D eigenvalue weighted by Crippen LogP contribution is -1.96. The molecule has 4 N–H and O–H groups in total. The summed E-state index contributed by atoms with van der Waals surface area (Å²) in [6, 6.07) is 17.7. The molecule has 34 heavy (non-hydrogen) atoms. The zero-order valence-electron chi connectivity index (χ0n) is 18.9. The van der Waals surface area contributed by atoms with Gasteiger partial charge < -0.3 is 16.0 Å². The van der Waals surface area contributed by atoms with E-state index in [2.05, 4.69) is 31.0 Å². The number of aryl methyl sites for hydroxylation is 1. The van der Waals surface area contributed by atoms with Gasteiger partial charge in [0.2, 0.25) is 6.41 Å². The number of pyridine rings is 3. The summed E-state index contributed by atoms with van der Waals surface area (Å²) in [7, 11) is 1.50. The Morgan fingerprint density at radius 2 is 1.65 bits per heavy atom. The van der Waals surface area contributed by atoms with Crippen LogP contribution in [0, 0.1) is 12.7 Å². The number of amides is 1. The van der Waals surface area contributed by atoms with Gasteiger partial charge in [-0.1, -0.05) is 6.07 Å². The number of carbonyl (C=O) groups excluding carboxylic acids is 1. The molecule has 0 unspecified atom stereocenters. The van der Waals surface area contributed by atoms with Crippen LogP contribution in [-0.2, 0) is 4.79 Å². The zero-order valence-corrected chi connectivity index (χ0v) is 18.9. The van der Waals surface area contributed by atoms with E-state index < -0.39 is 0 Å². The number of rotatable bonds is 4. The molecule has 7 nitrogen and oxygen atoms in total. The van der Waals surface area contributed by atoms with E-state index in [1.807, 2.05) is 43.5 Å². The maximum absolute atomic E-state index is 13.3. The fourth-order valence-electron chi connectivity index (χ4n) is 3.31. The Morgan fingerprint density at radius 3 is 2.24 bits per heavy atom. The number of nitrogens with two attached hydrogens (primary N) is 1. The van der Waals surface area contributed by atoms with Gasteiger partial charge in [0.25, 0.3) is 0 Å². The highest BCUT2D eigenvalue weighted by Crippen LogP contribution is 2.37. The number of aromatic nitrogens is 4. The quantitative estimate of drug-likeness (QED) is 0.331. The van der Waals surface area contributed by atoms with Crippen molar-refractivity contribution in [3.8, 4) is 22.4 Å². The van der Waals surface area contributed by atoms with Gasteiger partial charge in [0.15, 0.2) is 0 Å². The summed E-state index contributed by atoms with van der Waals surface area (Å²) in [5.74, 6) is 0.164. The summed E-state index contributed by atoms with van der Waals surface area (Å²) < 4.78 is 13.3. The molecule has 5 rings (SSSR count). The molecule has 0 aliphatic rings. The molecule has 0 fully saturated rings. The minimum atomic E-state index is -0.291. The second kappa shape index (κ2) is 12.0. The van der Waals surface area contributed by atoms with E-state index in [-0.39, 0.29) is 5.82 Å². The monoisotopic (exact) mass is 456 g/mol. The number of hydrogen-bond acceptors (Lipinski definition) is 5. The van der Waals surface area contributed by atoms with Crippen molar-refractivity contribution in [2.45, 2.75) is 6.92 Å². The number of benzene rings is 1. The van der Waals surface area contributed by atoms with Gasteiger partial charge in [-0.2, -0.15) is 0 Å². The van der Waals surface area contributed by atoms with Crippen molar-refractivity contribution in [1.29, 1.82) is 0 Å². The number of halogens is 1. The van der Waals surface area contributed by atoms with Crippen LogP contribution in [0.25, 0.3) is 33.4 Å². The molecule has 0 aliphatic carbocycles. The second-order valence-electron chi connectivity index (χ2n) is 7.00. The Morgan fingerprint density at radius 1 is 0.912 bits per heavy atom. The van der Waals surface area contributed by atoms with E-state index in [0.29, 0.717) is 17.9 Å². The molecular weight excluding hydrogens is 431 g/mol. The maximum atomic E-state index is 13.3. The minimum Gasteiger partial charge on any atom is -0.339 e. The van der Waals surface area contributed by atoms with Crippen molar-refractivity contribution < 1.29 is 9.18 Å². The summed E-state index contributed by atoms with van der Waals surface area (Å²) in [6.07, 6.45) is 7.63. The minimum absolute atomic E-state index is 0.291. The summed E-state index contributed by atoms with van der Waals surface area (Å²) in [6.45, 7) is 2.02. The molecule has 172 valence electrons. The lowest BCUT2D eigenvalue weighted by atomic mass is 10.00. The van der Waals surface area contributed by atoms with E-state index in [0.717, 1.165) is 27.8 Å². The molecule has 4 heterocycles. The Labute approximate surface area is 196 Å². The Bertz CT molecular complexity index is 1320. The van der Waals surface area contributed by atoms with Crippen LogP contribution in [0.3, 0.4) is 0 Å². The summed E-state index contributed by atoms with van der Waals surface area (Å²) in [4.78, 5) is 26.3. The average molecular weight is 457 g/mol. The third kappa shape index (κ3) is 5.87. The molecule has 0 saturated heterocycles. The van der Waals surface area contributed by atoms with Gasteiger partial charge in [-0.15, -0.1) is 0 Å². The topological polar surface area (TPSA) is 110 Å². The molecule has 0 spiro atoms. The maximum Gasteiger partial charge on any atom is 0.212 e. The van der Waals surface area contributed by atoms with Crippen molar-refractivity contribution in [1.82, 2.24) is 19.9 Å². The highest BCUT2D eigenvalue weighted by atomic mass is 19.1. The molecule has 0 radical (unpaired) electrons. The van der Waals surface area contributed by atoms with Gasteiger partial charge >= 0.3 is 0 Å². The molecule has 0 bridgehead atoms. The SMILES string of the molecule is CN.Cc1cccnc1.O=CNc1ccc2c(-c3ccncc3)c(-c3ccc(F)cc3)[nH]c2n1. The normalized spacial score (nSPS) is 9.88. The number of anilines is 1. The Balaban J connectivity index is 0.000000306. The smallest absolute Gasteiger partial charge is 0.212 e. The van der Waals surface area contributed by atoms with Crippen molar-refractivity contribution >= 4 is 23.3 Å². The number of carbonyl (C=O) groups is 1. The standard InChI is InChI=1S/C19H13FN4O.C6H7N.CH5N/c20-14-3-1-13(2-4-14)18-17(12-7-9-21-10-8-12)15-5-6-16(22-11-25)23-19(15)24-18;1-6-3-2-4-7-5-6;1-2/h1-11H,(H2,22,23,24,25);2-5H,1H3;2H2,1H3. The van der Waals surface area contributed by atoms with E-state index in [1.165, 1.54) is 24.7 Å². The Kier molecular flexibility index (Phi) is 8.54. The van der Waals surface area contributed by atoms with E-state index in [1.54, 1.807) is 36.8 Å². The summed E-state index contributed by atoms with van der Waals surface area (Å²) in [5, 5.41) is 3.45. The number of nitrogens with one attached hydrogen (secondary N) is 2. The van der Waals surface area contributed by atoms with Crippen LogP contribution in [-0.4, -0.2) is 33.4 Å². The third-order valence-electron chi connectivity index (χ3n) is 4.78. The fourth-order valence-corrected chi connectivity index (χ4v) is 3.31. The molecule has 8 heteroatoms. The van der Waals surface area contributed by atoms with Gasteiger partial charge in [0.05, 0.1) is 5.69 Å². The average Bonchev–Trinajstić information content (AvgIpc) is 3.26. The number of hydrogen-bond donors (Lipinski definition) is 3. The zero-order chi connectivity index (χ0) is 24.3. The van der Waals surface area contributed by atoms with Gasteiger partial charge in [-0.3, -0.25) is 14.8 Å². The molecule has 0 saturated carbocycles. The van der Waals surface area contributed by atoms with Crippen molar-refractivity contribution in [2.75, 3.05) is 12.4 Å². The molecule has 4 aromatic heterocycles. The molecule has 0 atom stereocenters. The third-order valence-corrected chi connectivity index (χ3v) is 4.78. The van der Waals surface area contributed by atoms with E-state index in [4.69, 9.17) is 0 Å². The van der Waals surface area contributed by atoms with E-state index in [9.17, 15) is 9.18 Å².